The van der Waals surface area contributed by atoms with Crippen LogP contribution in [0, 0.1) is 0 Å². The topological polar surface area (TPSA) is 60.0 Å². The van der Waals surface area contributed by atoms with Crippen molar-refractivity contribution >= 4 is 23.4 Å². The number of nitrogens with zero attached hydrogens (tertiary/aromatic N) is 1. The summed E-state index contributed by atoms with van der Waals surface area (Å²) in [5.74, 6) is 3.38. The summed E-state index contributed by atoms with van der Waals surface area (Å²) in [6, 6.07) is 11.3. The second-order valence-corrected chi connectivity index (χ2v) is 7.65. The standard InChI is InChI=1S/C21H26N2O4S/c1-25-18-9-8-17(19(26-2)20(18)27-3)21(24)22-16-6-4-15(5-7-16)14-23-10-12-28-13-11-23/h4-9H,10-14H2,1-3H3,(H,22,24). The second-order valence-electron chi connectivity index (χ2n) is 6.42. The van der Waals surface area contributed by atoms with E-state index in [-0.39, 0.29) is 5.91 Å². The molecule has 0 aromatic heterocycles. The van der Waals surface area contributed by atoms with Gasteiger partial charge in [-0.15, -0.1) is 0 Å². The van der Waals surface area contributed by atoms with E-state index in [9.17, 15) is 4.79 Å². The summed E-state index contributed by atoms with van der Waals surface area (Å²) in [6.07, 6.45) is 0. The summed E-state index contributed by atoms with van der Waals surface area (Å²) in [5.41, 5.74) is 2.36. The highest BCUT2D eigenvalue weighted by Crippen LogP contribution is 2.39. The molecule has 1 aliphatic heterocycles. The molecule has 1 fully saturated rings. The van der Waals surface area contributed by atoms with Gasteiger partial charge in [-0.2, -0.15) is 11.8 Å². The first-order valence-electron chi connectivity index (χ1n) is 9.15. The normalized spacial score (nSPS) is 14.4. The lowest BCUT2D eigenvalue weighted by atomic mass is 10.1. The number of thioether (sulfide) groups is 1. The molecule has 0 unspecified atom stereocenters. The largest absolute Gasteiger partial charge is 0.493 e. The van der Waals surface area contributed by atoms with E-state index in [2.05, 4.69) is 22.3 Å². The Bertz CT molecular complexity index is 805. The Kier molecular flexibility index (Phi) is 7.06. The zero-order valence-electron chi connectivity index (χ0n) is 16.5. The van der Waals surface area contributed by atoms with E-state index < -0.39 is 0 Å². The van der Waals surface area contributed by atoms with Gasteiger partial charge in [0.25, 0.3) is 5.91 Å². The van der Waals surface area contributed by atoms with E-state index in [1.807, 2.05) is 23.9 Å². The van der Waals surface area contributed by atoms with Gasteiger partial charge >= 0.3 is 0 Å². The Morgan fingerprint density at radius 2 is 1.64 bits per heavy atom. The molecule has 1 aliphatic rings. The third kappa shape index (κ3) is 4.72. The minimum atomic E-state index is -0.265. The Labute approximate surface area is 170 Å². The number of benzene rings is 2. The lowest BCUT2D eigenvalue weighted by Gasteiger charge is -2.26. The van der Waals surface area contributed by atoms with Crippen LogP contribution in [0.2, 0.25) is 0 Å². The third-order valence-corrected chi connectivity index (χ3v) is 5.61. The van der Waals surface area contributed by atoms with Crippen LogP contribution < -0.4 is 19.5 Å². The number of hydrogen-bond donors (Lipinski definition) is 1. The molecule has 28 heavy (non-hydrogen) atoms. The number of amides is 1. The van der Waals surface area contributed by atoms with Crippen LogP contribution in [-0.4, -0.2) is 56.7 Å². The summed E-state index contributed by atoms with van der Waals surface area (Å²) in [6.45, 7) is 3.20. The third-order valence-electron chi connectivity index (χ3n) is 4.67. The van der Waals surface area contributed by atoms with Crippen LogP contribution >= 0.6 is 11.8 Å². The average molecular weight is 403 g/mol. The molecule has 0 radical (unpaired) electrons. The van der Waals surface area contributed by atoms with E-state index in [0.29, 0.717) is 22.8 Å². The van der Waals surface area contributed by atoms with Gasteiger partial charge in [0.1, 0.15) is 0 Å². The molecular formula is C21H26N2O4S. The van der Waals surface area contributed by atoms with E-state index >= 15 is 0 Å². The average Bonchev–Trinajstić information content (AvgIpc) is 2.74. The van der Waals surface area contributed by atoms with Gasteiger partial charge in [-0.25, -0.2) is 0 Å². The van der Waals surface area contributed by atoms with Crippen molar-refractivity contribution in [3.8, 4) is 17.2 Å². The van der Waals surface area contributed by atoms with Crippen LogP contribution in [0.25, 0.3) is 0 Å². The molecule has 2 aromatic rings. The number of methoxy groups -OCH3 is 3. The number of hydrogen-bond acceptors (Lipinski definition) is 6. The number of ether oxygens (including phenoxy) is 3. The Hall–Kier alpha value is -2.38. The molecule has 0 atom stereocenters. The van der Waals surface area contributed by atoms with Crippen molar-refractivity contribution in [3.63, 3.8) is 0 Å². The predicted octanol–water partition coefficient (Wildman–Crippen LogP) is 3.51. The lowest BCUT2D eigenvalue weighted by Crippen LogP contribution is -2.31. The summed E-state index contributed by atoms with van der Waals surface area (Å²) < 4.78 is 16.0. The minimum Gasteiger partial charge on any atom is -0.493 e. The SMILES string of the molecule is COc1ccc(C(=O)Nc2ccc(CN3CCSCC3)cc2)c(OC)c1OC. The fraction of sp³-hybridized carbons (Fsp3) is 0.381. The quantitative estimate of drug-likeness (QED) is 0.765. The van der Waals surface area contributed by atoms with Gasteiger partial charge < -0.3 is 19.5 Å². The molecule has 1 heterocycles. The van der Waals surface area contributed by atoms with E-state index in [4.69, 9.17) is 14.2 Å². The van der Waals surface area contributed by atoms with Crippen molar-refractivity contribution in [2.45, 2.75) is 6.54 Å². The molecule has 0 aliphatic carbocycles. The maximum absolute atomic E-state index is 12.8. The molecule has 6 nitrogen and oxygen atoms in total. The highest BCUT2D eigenvalue weighted by Gasteiger charge is 2.20. The van der Waals surface area contributed by atoms with Gasteiger partial charge in [0.05, 0.1) is 26.9 Å². The first-order chi connectivity index (χ1) is 13.7. The molecule has 3 rings (SSSR count). The molecule has 0 bridgehead atoms. The zero-order chi connectivity index (χ0) is 19.9. The Morgan fingerprint density at radius 1 is 0.964 bits per heavy atom. The molecule has 150 valence electrons. The van der Waals surface area contributed by atoms with E-state index in [1.54, 1.807) is 19.2 Å². The minimum absolute atomic E-state index is 0.265. The van der Waals surface area contributed by atoms with E-state index in [0.717, 1.165) is 25.3 Å². The maximum Gasteiger partial charge on any atom is 0.259 e. The maximum atomic E-state index is 12.8. The van der Waals surface area contributed by atoms with Crippen molar-refractivity contribution in [2.75, 3.05) is 51.2 Å². The summed E-state index contributed by atoms with van der Waals surface area (Å²) in [5, 5.41) is 2.92. The molecule has 0 spiro atoms. The number of carbonyl (C=O) groups excluding carboxylic acids is 1. The fourth-order valence-corrected chi connectivity index (χ4v) is 4.17. The van der Waals surface area contributed by atoms with Crippen molar-refractivity contribution in [1.82, 2.24) is 4.90 Å². The smallest absolute Gasteiger partial charge is 0.259 e. The molecule has 2 aromatic carbocycles. The van der Waals surface area contributed by atoms with Gasteiger partial charge in [-0.3, -0.25) is 9.69 Å². The number of nitrogens with one attached hydrogen (secondary N) is 1. The van der Waals surface area contributed by atoms with Crippen LogP contribution in [0.5, 0.6) is 17.2 Å². The van der Waals surface area contributed by atoms with Crippen LogP contribution in [-0.2, 0) is 6.54 Å². The van der Waals surface area contributed by atoms with Gasteiger partial charge in [-0.05, 0) is 29.8 Å². The van der Waals surface area contributed by atoms with Gasteiger partial charge in [-0.1, -0.05) is 12.1 Å². The summed E-state index contributed by atoms with van der Waals surface area (Å²) in [4.78, 5) is 15.2. The zero-order valence-corrected chi connectivity index (χ0v) is 17.3. The van der Waals surface area contributed by atoms with E-state index in [1.165, 1.54) is 31.3 Å². The molecule has 1 saturated heterocycles. The van der Waals surface area contributed by atoms with Crippen molar-refractivity contribution < 1.29 is 19.0 Å². The molecule has 1 N–H and O–H groups in total. The van der Waals surface area contributed by atoms with Gasteiger partial charge in [0, 0.05) is 36.8 Å². The van der Waals surface area contributed by atoms with Crippen molar-refractivity contribution in [2.24, 2.45) is 0 Å². The lowest BCUT2D eigenvalue weighted by molar-refractivity contribution is 0.102. The summed E-state index contributed by atoms with van der Waals surface area (Å²) in [7, 11) is 4.56. The monoisotopic (exact) mass is 402 g/mol. The van der Waals surface area contributed by atoms with Crippen LogP contribution in [0.3, 0.4) is 0 Å². The van der Waals surface area contributed by atoms with Gasteiger partial charge in [0.2, 0.25) is 5.75 Å². The predicted molar refractivity (Wildman–Crippen MR) is 113 cm³/mol. The van der Waals surface area contributed by atoms with Gasteiger partial charge in [0.15, 0.2) is 11.5 Å². The number of rotatable bonds is 7. The summed E-state index contributed by atoms with van der Waals surface area (Å²) >= 11 is 2.01. The highest BCUT2D eigenvalue weighted by molar-refractivity contribution is 7.99. The Balaban J connectivity index is 1.70. The fourth-order valence-electron chi connectivity index (χ4n) is 3.19. The Morgan fingerprint density at radius 3 is 2.25 bits per heavy atom. The van der Waals surface area contributed by atoms with Crippen LogP contribution in [0.15, 0.2) is 36.4 Å². The van der Waals surface area contributed by atoms with Crippen molar-refractivity contribution in [3.05, 3.63) is 47.5 Å². The molecule has 0 saturated carbocycles. The second kappa shape index (κ2) is 9.71. The first-order valence-corrected chi connectivity index (χ1v) is 10.3. The molecule has 1 amide bonds. The molecular weight excluding hydrogens is 376 g/mol. The number of carbonyl (C=O) groups is 1. The highest BCUT2D eigenvalue weighted by atomic mass is 32.2. The molecule has 7 heteroatoms. The van der Waals surface area contributed by atoms with Crippen LogP contribution in [0.1, 0.15) is 15.9 Å². The number of anilines is 1. The first kappa shape index (κ1) is 20.4. The van der Waals surface area contributed by atoms with Crippen LogP contribution in [0.4, 0.5) is 5.69 Å². The van der Waals surface area contributed by atoms with Crippen molar-refractivity contribution in [1.29, 1.82) is 0 Å².